The minimum atomic E-state index is 0.995. The van der Waals surface area contributed by atoms with Crippen molar-refractivity contribution < 1.29 is 0 Å². The Bertz CT molecular complexity index is 1020. The first-order valence-corrected chi connectivity index (χ1v) is 10.4. The predicted molar refractivity (Wildman–Crippen MR) is 115 cm³/mol. The van der Waals surface area contributed by atoms with Crippen LogP contribution in [0.2, 0.25) is 0 Å². The molecule has 3 aromatic rings. The van der Waals surface area contributed by atoms with Crippen molar-refractivity contribution in [1.82, 2.24) is 9.80 Å². The molecule has 26 heavy (non-hydrogen) atoms. The van der Waals surface area contributed by atoms with Crippen LogP contribution >= 0.6 is 27.3 Å². The second-order valence-electron chi connectivity index (χ2n) is 6.81. The standard InChI is InChI=1S/C20H19BrN4S/c1-24-8-10-25(11-9-24)19-18-14-4-2-3-5-17(14)26-20(18)23-16-12-13(21)6-7-15(16)22-19/h2-7,12,23H,8-11H2,1H3. The number of nitrogens with one attached hydrogen (secondary N) is 1. The van der Waals surface area contributed by atoms with E-state index >= 15 is 0 Å². The lowest BCUT2D eigenvalue weighted by Gasteiger charge is -2.34. The number of halogens is 1. The van der Waals surface area contributed by atoms with Crippen LogP contribution in [0.4, 0.5) is 16.4 Å². The molecular formula is C20H19BrN4S. The van der Waals surface area contributed by atoms with Gasteiger partial charge < -0.3 is 15.1 Å². The number of hydrogen-bond acceptors (Lipinski definition) is 5. The Labute approximate surface area is 165 Å². The Balaban J connectivity index is 1.72. The van der Waals surface area contributed by atoms with E-state index in [0.29, 0.717) is 0 Å². The SMILES string of the molecule is CN1CCN(C2=Nc3ccc(Br)cc3Nc3sc4ccccc4c32)CC1. The van der Waals surface area contributed by atoms with Gasteiger partial charge in [0.2, 0.25) is 0 Å². The molecule has 6 heteroatoms. The second kappa shape index (κ2) is 6.37. The lowest BCUT2D eigenvalue weighted by molar-refractivity contribution is 0.216. The molecule has 0 radical (unpaired) electrons. The summed E-state index contributed by atoms with van der Waals surface area (Å²) in [7, 11) is 2.19. The molecule has 2 aromatic carbocycles. The van der Waals surface area contributed by atoms with Gasteiger partial charge in [-0.05, 0) is 31.3 Å². The number of likely N-dealkylation sites (N-methyl/N-ethyl adjacent to an activating group) is 1. The van der Waals surface area contributed by atoms with Gasteiger partial charge in [-0.1, -0.05) is 34.1 Å². The molecule has 0 bridgehead atoms. The van der Waals surface area contributed by atoms with Gasteiger partial charge in [0, 0.05) is 40.7 Å². The van der Waals surface area contributed by atoms with E-state index in [-0.39, 0.29) is 0 Å². The normalized spacial score (nSPS) is 17.3. The van der Waals surface area contributed by atoms with Crippen molar-refractivity contribution in [3.05, 3.63) is 52.5 Å². The van der Waals surface area contributed by atoms with E-state index in [9.17, 15) is 0 Å². The average Bonchev–Trinajstić information content (AvgIpc) is 2.92. The summed E-state index contributed by atoms with van der Waals surface area (Å²) in [5.41, 5.74) is 3.29. The Morgan fingerprint density at radius 3 is 2.73 bits per heavy atom. The van der Waals surface area contributed by atoms with Gasteiger partial charge in [-0.25, -0.2) is 4.99 Å². The fraction of sp³-hybridized carbons (Fsp3) is 0.250. The Morgan fingerprint density at radius 2 is 1.88 bits per heavy atom. The monoisotopic (exact) mass is 426 g/mol. The molecular weight excluding hydrogens is 408 g/mol. The lowest BCUT2D eigenvalue weighted by atomic mass is 10.1. The molecule has 0 atom stereocenters. The molecule has 1 saturated heterocycles. The van der Waals surface area contributed by atoms with Gasteiger partial charge in [0.05, 0.1) is 16.9 Å². The number of nitrogens with zero attached hydrogens (tertiary/aromatic N) is 3. The number of piperazine rings is 1. The van der Waals surface area contributed by atoms with Gasteiger partial charge in [-0.3, -0.25) is 0 Å². The number of amidine groups is 1. The summed E-state index contributed by atoms with van der Waals surface area (Å²) in [5.74, 6) is 1.10. The minimum Gasteiger partial charge on any atom is -0.353 e. The lowest BCUT2D eigenvalue weighted by Crippen LogP contribution is -2.47. The summed E-state index contributed by atoms with van der Waals surface area (Å²) in [6, 6.07) is 14.9. The molecule has 4 nitrogen and oxygen atoms in total. The van der Waals surface area contributed by atoms with E-state index in [1.165, 1.54) is 20.7 Å². The van der Waals surface area contributed by atoms with Crippen molar-refractivity contribution in [3.63, 3.8) is 0 Å². The van der Waals surface area contributed by atoms with Crippen molar-refractivity contribution in [2.24, 2.45) is 4.99 Å². The third-order valence-corrected chi connectivity index (χ3v) is 6.63. The topological polar surface area (TPSA) is 30.9 Å². The van der Waals surface area contributed by atoms with Gasteiger partial charge in [-0.2, -0.15) is 0 Å². The van der Waals surface area contributed by atoms with E-state index in [2.05, 4.69) is 80.6 Å². The first-order chi connectivity index (χ1) is 12.7. The van der Waals surface area contributed by atoms with Gasteiger partial charge in [-0.15, -0.1) is 11.3 Å². The quantitative estimate of drug-likeness (QED) is 0.545. The van der Waals surface area contributed by atoms with Crippen molar-refractivity contribution in [1.29, 1.82) is 0 Å². The maximum atomic E-state index is 5.14. The van der Waals surface area contributed by atoms with E-state index in [0.717, 1.165) is 47.9 Å². The van der Waals surface area contributed by atoms with E-state index in [4.69, 9.17) is 4.99 Å². The fourth-order valence-corrected chi connectivity index (χ4v) is 5.07. The van der Waals surface area contributed by atoms with Crippen LogP contribution in [0.1, 0.15) is 5.56 Å². The third-order valence-electron chi connectivity index (χ3n) is 5.06. The molecule has 2 aliphatic rings. The van der Waals surface area contributed by atoms with Gasteiger partial charge in [0.1, 0.15) is 10.8 Å². The summed E-state index contributed by atoms with van der Waals surface area (Å²) >= 11 is 5.39. The molecule has 1 aromatic heterocycles. The van der Waals surface area contributed by atoms with E-state index in [1.54, 1.807) is 11.3 Å². The Morgan fingerprint density at radius 1 is 1.08 bits per heavy atom. The van der Waals surface area contributed by atoms with Gasteiger partial charge in [0.25, 0.3) is 0 Å². The number of anilines is 2. The van der Waals surface area contributed by atoms with Crippen LogP contribution in [0.25, 0.3) is 10.1 Å². The number of fused-ring (bicyclic) bond motifs is 4. The zero-order valence-electron chi connectivity index (χ0n) is 14.5. The minimum absolute atomic E-state index is 0.995. The highest BCUT2D eigenvalue weighted by molar-refractivity contribution is 9.10. The summed E-state index contributed by atoms with van der Waals surface area (Å²) in [6.07, 6.45) is 0. The molecule has 0 amide bonds. The number of thiophene rings is 1. The van der Waals surface area contributed by atoms with Crippen LogP contribution < -0.4 is 5.32 Å². The molecule has 0 spiro atoms. The van der Waals surface area contributed by atoms with Crippen molar-refractivity contribution >= 4 is 59.6 Å². The molecule has 3 heterocycles. The zero-order chi connectivity index (χ0) is 17.7. The van der Waals surface area contributed by atoms with E-state index < -0.39 is 0 Å². The molecule has 0 saturated carbocycles. The zero-order valence-corrected chi connectivity index (χ0v) is 16.9. The smallest absolute Gasteiger partial charge is 0.140 e. The first kappa shape index (κ1) is 16.3. The highest BCUT2D eigenvalue weighted by atomic mass is 79.9. The predicted octanol–water partition coefficient (Wildman–Crippen LogP) is 5.05. The molecule has 1 fully saturated rings. The van der Waals surface area contributed by atoms with Crippen LogP contribution in [0, 0.1) is 0 Å². The summed E-state index contributed by atoms with van der Waals surface area (Å²) in [4.78, 5) is 9.96. The molecule has 132 valence electrons. The molecule has 0 unspecified atom stereocenters. The molecule has 0 aliphatic carbocycles. The number of rotatable bonds is 0. The van der Waals surface area contributed by atoms with Crippen molar-refractivity contribution in [3.8, 4) is 0 Å². The van der Waals surface area contributed by atoms with Crippen molar-refractivity contribution in [2.45, 2.75) is 0 Å². The van der Waals surface area contributed by atoms with Crippen LogP contribution in [0.15, 0.2) is 51.9 Å². The van der Waals surface area contributed by atoms with Gasteiger partial charge in [0.15, 0.2) is 0 Å². The number of benzene rings is 2. The molecule has 1 N–H and O–H groups in total. The summed E-state index contributed by atoms with van der Waals surface area (Å²) in [6.45, 7) is 4.14. The van der Waals surface area contributed by atoms with Crippen LogP contribution in [0.5, 0.6) is 0 Å². The maximum absolute atomic E-state index is 5.14. The van der Waals surface area contributed by atoms with Crippen LogP contribution in [0.3, 0.4) is 0 Å². The van der Waals surface area contributed by atoms with Crippen LogP contribution in [-0.4, -0.2) is 48.9 Å². The van der Waals surface area contributed by atoms with Gasteiger partial charge >= 0.3 is 0 Å². The number of aliphatic imine (C=N–C) groups is 1. The Kier molecular flexibility index (Phi) is 3.99. The van der Waals surface area contributed by atoms with Crippen molar-refractivity contribution in [2.75, 3.05) is 38.5 Å². The molecule has 5 rings (SSSR count). The maximum Gasteiger partial charge on any atom is 0.140 e. The average molecular weight is 427 g/mol. The summed E-state index contributed by atoms with van der Waals surface area (Å²) < 4.78 is 2.36. The first-order valence-electron chi connectivity index (χ1n) is 8.80. The second-order valence-corrected chi connectivity index (χ2v) is 8.78. The number of hydrogen-bond donors (Lipinski definition) is 1. The summed E-state index contributed by atoms with van der Waals surface area (Å²) in [5, 5.41) is 6.11. The van der Waals surface area contributed by atoms with Crippen LogP contribution in [-0.2, 0) is 0 Å². The van der Waals surface area contributed by atoms with E-state index in [1.807, 2.05) is 0 Å². The Hall–Kier alpha value is -1.89. The highest BCUT2D eigenvalue weighted by Crippen LogP contribution is 2.43. The highest BCUT2D eigenvalue weighted by Gasteiger charge is 2.27. The largest absolute Gasteiger partial charge is 0.353 e. The third kappa shape index (κ3) is 2.73. The molecule has 2 aliphatic heterocycles. The fourth-order valence-electron chi connectivity index (χ4n) is 3.60.